The van der Waals surface area contributed by atoms with Crippen LogP contribution in [0, 0.1) is 0 Å². The molecular weight excluding hydrogens is 653 g/mol. The molecule has 0 radical (unpaired) electrons. The van der Waals surface area contributed by atoms with Gasteiger partial charge in [0.2, 0.25) is 5.95 Å². The molecule has 0 aliphatic carbocycles. The molecule has 1 aliphatic rings. The number of alkyl halides is 3. The molecule has 1 aliphatic heterocycles. The van der Waals surface area contributed by atoms with Gasteiger partial charge < -0.3 is 19.3 Å². The van der Waals surface area contributed by atoms with E-state index < -0.39 is 17.3 Å². The quantitative estimate of drug-likeness (QED) is 0.165. The lowest BCUT2D eigenvalue weighted by atomic mass is 9.86. The lowest BCUT2D eigenvalue weighted by Gasteiger charge is -2.48. The Hall–Kier alpha value is -4.31. The highest BCUT2D eigenvalue weighted by Gasteiger charge is 2.42. The molecule has 5 rings (SSSR count). The summed E-state index contributed by atoms with van der Waals surface area (Å²) in [5.74, 6) is 0.799. The van der Waals surface area contributed by atoms with Gasteiger partial charge in [-0.15, -0.1) is 0 Å². The van der Waals surface area contributed by atoms with Crippen LogP contribution in [-0.2, 0) is 30.5 Å². The van der Waals surface area contributed by atoms with Crippen molar-refractivity contribution in [2.45, 2.75) is 96.4 Å². The van der Waals surface area contributed by atoms with Crippen LogP contribution in [0.2, 0.25) is 5.02 Å². The van der Waals surface area contributed by atoms with Gasteiger partial charge in [0.1, 0.15) is 12.2 Å². The third kappa shape index (κ3) is 9.88. The summed E-state index contributed by atoms with van der Waals surface area (Å²) < 4.78 is 53.3. The Kier molecular flexibility index (Phi) is 11.4. The first kappa shape index (κ1) is 36.0. The van der Waals surface area contributed by atoms with E-state index in [0.29, 0.717) is 49.6 Å². The number of aromatic nitrogens is 2. The number of hydrogen-bond donors (Lipinski definition) is 0. The van der Waals surface area contributed by atoms with Gasteiger partial charge >= 0.3 is 12.3 Å². The van der Waals surface area contributed by atoms with E-state index in [2.05, 4.69) is 9.97 Å². The maximum Gasteiger partial charge on any atom is 0.416 e. The molecule has 0 unspecified atom stereocenters. The van der Waals surface area contributed by atoms with Gasteiger partial charge in [0.15, 0.2) is 5.75 Å². The Bertz CT molecular complexity index is 1670. The first-order valence-electron chi connectivity index (χ1n) is 16.5. The Balaban J connectivity index is 1.50. The van der Waals surface area contributed by atoms with Crippen LogP contribution < -0.4 is 9.64 Å². The number of nitrogens with zero attached hydrogens (tertiary/aromatic N) is 4. The van der Waals surface area contributed by atoms with Crippen molar-refractivity contribution in [3.8, 4) is 5.75 Å². The fourth-order valence-electron chi connectivity index (χ4n) is 6.29. The predicted octanol–water partition coefficient (Wildman–Crippen LogP) is 9.52. The molecule has 7 nitrogen and oxygen atoms in total. The SMILES string of the molecule is CC[C@@H]1C[C@H](N(Cc2cc(Cl)cc(C(F)(F)F)c2)c2ncc(OCc3ccccc3)cn2)C[C@H](Cc2ccccc2)N1C(=O)OC(C)(C)C. The average molecular weight is 695 g/mol. The number of ether oxygens (including phenoxy) is 2. The number of likely N-dealkylation sites (tertiary alicyclic amines) is 1. The molecule has 49 heavy (non-hydrogen) atoms. The number of piperidine rings is 1. The molecule has 0 spiro atoms. The van der Waals surface area contributed by atoms with E-state index in [0.717, 1.165) is 23.3 Å². The smallest absolute Gasteiger partial charge is 0.416 e. The lowest BCUT2D eigenvalue weighted by molar-refractivity contribution is -0.137. The molecule has 0 N–H and O–H groups in total. The standard InChI is InChI=1S/C38H42ClF3N4O3/c1-5-31-20-32(21-33(18-26-12-8-6-9-13-26)46(31)36(47)49-37(2,3)4)45(24-28-16-29(38(40,41)42)19-30(39)17-28)35-43-22-34(23-44-35)48-25-27-14-10-7-11-15-27/h6-17,19,22-23,31-33H,5,18,20-21,24-25H2,1-4H3/t31-,32+,33+/m1/s1. The van der Waals surface area contributed by atoms with Crippen molar-refractivity contribution >= 4 is 23.6 Å². The Morgan fingerprint density at radius 2 is 1.51 bits per heavy atom. The van der Waals surface area contributed by atoms with Crippen molar-refractivity contribution in [2.75, 3.05) is 4.90 Å². The van der Waals surface area contributed by atoms with Gasteiger partial charge in [0.05, 0.1) is 18.0 Å². The van der Waals surface area contributed by atoms with Crippen molar-refractivity contribution < 1.29 is 27.4 Å². The van der Waals surface area contributed by atoms with Crippen LogP contribution >= 0.6 is 11.6 Å². The molecule has 2 heterocycles. The van der Waals surface area contributed by atoms with Gasteiger partial charge in [-0.2, -0.15) is 13.2 Å². The maximum atomic E-state index is 13.8. The van der Waals surface area contributed by atoms with E-state index in [1.165, 1.54) is 6.07 Å². The summed E-state index contributed by atoms with van der Waals surface area (Å²) in [4.78, 5) is 26.8. The second-order valence-corrected chi connectivity index (χ2v) is 13.8. The number of carbonyl (C=O) groups is 1. The monoisotopic (exact) mass is 694 g/mol. The molecule has 1 amide bonds. The fourth-order valence-corrected chi connectivity index (χ4v) is 6.54. The molecule has 1 saturated heterocycles. The summed E-state index contributed by atoms with van der Waals surface area (Å²) in [6.07, 6.45) is 0.465. The zero-order valence-corrected chi connectivity index (χ0v) is 28.9. The van der Waals surface area contributed by atoms with E-state index in [4.69, 9.17) is 21.1 Å². The van der Waals surface area contributed by atoms with E-state index in [1.54, 1.807) is 12.4 Å². The molecule has 3 aromatic carbocycles. The van der Waals surface area contributed by atoms with Gasteiger partial charge in [-0.05, 0) is 81.3 Å². The van der Waals surface area contributed by atoms with Crippen LogP contribution in [0.15, 0.2) is 91.3 Å². The first-order chi connectivity index (χ1) is 23.3. The Labute approximate surface area is 291 Å². The summed E-state index contributed by atoms with van der Waals surface area (Å²) in [6, 6.07) is 22.5. The fraction of sp³-hybridized carbons (Fsp3) is 0.395. The van der Waals surface area contributed by atoms with Crippen LogP contribution in [0.4, 0.5) is 23.9 Å². The third-order valence-electron chi connectivity index (χ3n) is 8.46. The van der Waals surface area contributed by atoms with Crippen LogP contribution in [0.3, 0.4) is 0 Å². The molecule has 3 atom stereocenters. The minimum Gasteiger partial charge on any atom is -0.486 e. The second-order valence-electron chi connectivity index (χ2n) is 13.4. The number of halogens is 4. The van der Waals surface area contributed by atoms with Gasteiger partial charge in [0, 0.05) is 29.7 Å². The number of rotatable bonds is 10. The van der Waals surface area contributed by atoms with E-state index in [1.807, 2.05) is 98.2 Å². The number of anilines is 1. The molecular formula is C38H42ClF3N4O3. The van der Waals surface area contributed by atoms with E-state index in [-0.39, 0.29) is 35.8 Å². The summed E-state index contributed by atoms with van der Waals surface area (Å²) in [6.45, 7) is 7.96. The van der Waals surface area contributed by atoms with Gasteiger partial charge in [-0.1, -0.05) is 79.2 Å². The van der Waals surface area contributed by atoms with Gasteiger partial charge in [-0.3, -0.25) is 0 Å². The Morgan fingerprint density at radius 3 is 2.10 bits per heavy atom. The summed E-state index contributed by atoms with van der Waals surface area (Å²) in [7, 11) is 0. The minimum absolute atomic E-state index is 0.0107. The molecule has 260 valence electrons. The normalized spacial score (nSPS) is 18.2. The van der Waals surface area contributed by atoms with Gasteiger partial charge in [0.25, 0.3) is 0 Å². The van der Waals surface area contributed by atoms with Crippen LogP contribution in [-0.4, -0.2) is 44.7 Å². The van der Waals surface area contributed by atoms with Crippen molar-refractivity contribution in [1.29, 1.82) is 0 Å². The van der Waals surface area contributed by atoms with Gasteiger partial charge in [-0.25, -0.2) is 14.8 Å². The van der Waals surface area contributed by atoms with Crippen molar-refractivity contribution in [1.82, 2.24) is 14.9 Å². The van der Waals surface area contributed by atoms with Crippen molar-refractivity contribution in [3.63, 3.8) is 0 Å². The lowest BCUT2D eigenvalue weighted by Crippen LogP contribution is -2.58. The zero-order chi connectivity index (χ0) is 35.2. The highest BCUT2D eigenvalue weighted by atomic mass is 35.5. The van der Waals surface area contributed by atoms with Crippen molar-refractivity contribution in [3.05, 3.63) is 119 Å². The zero-order valence-electron chi connectivity index (χ0n) is 28.2. The maximum absolute atomic E-state index is 13.8. The number of hydrogen-bond acceptors (Lipinski definition) is 6. The number of benzene rings is 3. The van der Waals surface area contributed by atoms with E-state index >= 15 is 0 Å². The topological polar surface area (TPSA) is 67.8 Å². The molecule has 0 saturated carbocycles. The molecule has 4 aromatic rings. The minimum atomic E-state index is -4.56. The van der Waals surface area contributed by atoms with Crippen LogP contribution in [0.5, 0.6) is 5.75 Å². The number of carbonyl (C=O) groups excluding carboxylic acids is 1. The summed E-state index contributed by atoms with van der Waals surface area (Å²) >= 11 is 6.22. The van der Waals surface area contributed by atoms with E-state index in [9.17, 15) is 18.0 Å². The molecule has 1 fully saturated rings. The highest BCUT2D eigenvalue weighted by Crippen LogP contribution is 2.36. The highest BCUT2D eigenvalue weighted by molar-refractivity contribution is 6.30. The number of amides is 1. The first-order valence-corrected chi connectivity index (χ1v) is 16.8. The van der Waals surface area contributed by atoms with Crippen LogP contribution in [0.1, 0.15) is 69.2 Å². The average Bonchev–Trinajstić information content (AvgIpc) is 3.05. The predicted molar refractivity (Wildman–Crippen MR) is 185 cm³/mol. The summed E-state index contributed by atoms with van der Waals surface area (Å²) in [5, 5.41) is -0.0107. The summed E-state index contributed by atoms with van der Waals surface area (Å²) in [5.41, 5.74) is 0.908. The molecule has 0 bridgehead atoms. The third-order valence-corrected chi connectivity index (χ3v) is 8.68. The van der Waals surface area contributed by atoms with Crippen LogP contribution in [0.25, 0.3) is 0 Å². The molecule has 11 heteroatoms. The molecule has 1 aromatic heterocycles. The largest absolute Gasteiger partial charge is 0.486 e. The van der Waals surface area contributed by atoms with Crippen molar-refractivity contribution in [2.24, 2.45) is 0 Å². The second kappa shape index (κ2) is 15.5. The Morgan fingerprint density at radius 1 is 0.898 bits per heavy atom.